The normalized spacial score (nSPS) is 14.4. The van der Waals surface area contributed by atoms with E-state index in [0.717, 1.165) is 34.9 Å². The molecule has 0 radical (unpaired) electrons. The molecule has 0 spiro atoms. The van der Waals surface area contributed by atoms with Gasteiger partial charge in [0.2, 0.25) is 0 Å². The van der Waals surface area contributed by atoms with Crippen LogP contribution < -0.4 is 0 Å². The zero-order chi connectivity index (χ0) is 15.8. The lowest BCUT2D eigenvalue weighted by Crippen LogP contribution is -2.12. The van der Waals surface area contributed by atoms with Crippen LogP contribution in [0.4, 0.5) is 0 Å². The van der Waals surface area contributed by atoms with E-state index in [-0.39, 0.29) is 0 Å². The number of aromatic nitrogens is 1. The molecule has 0 amide bonds. The van der Waals surface area contributed by atoms with Gasteiger partial charge in [-0.15, -0.1) is 0 Å². The first-order valence-corrected chi connectivity index (χ1v) is 8.24. The van der Waals surface area contributed by atoms with Gasteiger partial charge in [0.25, 0.3) is 0 Å². The van der Waals surface area contributed by atoms with Crippen LogP contribution in [-0.2, 0) is 0 Å². The number of pyridine rings is 1. The Kier molecular flexibility index (Phi) is 3.52. The van der Waals surface area contributed by atoms with E-state index in [0.29, 0.717) is 16.6 Å². The molecule has 0 atom stereocenters. The Bertz CT molecular complexity index is 922. The summed E-state index contributed by atoms with van der Waals surface area (Å²) in [6.45, 7) is 0. The van der Waals surface area contributed by atoms with Crippen LogP contribution in [0.15, 0.2) is 48.5 Å². The smallest absolute Gasteiger partial charge is 0.149 e. The van der Waals surface area contributed by atoms with Crippen LogP contribution in [0.5, 0.6) is 0 Å². The van der Waals surface area contributed by atoms with Gasteiger partial charge in [0.1, 0.15) is 11.8 Å². The zero-order valence-electron chi connectivity index (χ0n) is 12.6. The minimum atomic E-state index is 0.487. The van der Waals surface area contributed by atoms with Crippen molar-refractivity contribution in [3.8, 4) is 17.2 Å². The highest BCUT2D eigenvalue weighted by Crippen LogP contribution is 2.45. The molecule has 4 rings (SSSR count). The van der Waals surface area contributed by atoms with Crippen molar-refractivity contribution in [3.05, 3.63) is 64.8 Å². The van der Waals surface area contributed by atoms with E-state index in [9.17, 15) is 5.26 Å². The average molecular weight is 319 g/mol. The van der Waals surface area contributed by atoms with E-state index < -0.39 is 0 Å². The number of nitriles is 1. The third-order valence-electron chi connectivity index (χ3n) is 4.67. The van der Waals surface area contributed by atoms with Gasteiger partial charge in [-0.05, 0) is 48.1 Å². The summed E-state index contributed by atoms with van der Waals surface area (Å²) in [7, 11) is 0. The van der Waals surface area contributed by atoms with E-state index >= 15 is 0 Å². The largest absolute Gasteiger partial charge is 0.236 e. The fraction of sp³-hybridized carbons (Fsp3) is 0.200. The lowest BCUT2D eigenvalue weighted by atomic mass is 9.75. The lowest BCUT2D eigenvalue weighted by Gasteiger charge is -2.29. The van der Waals surface area contributed by atoms with Gasteiger partial charge in [0.05, 0.1) is 5.52 Å². The number of fused-ring (bicyclic) bond motifs is 1. The van der Waals surface area contributed by atoms with Crippen molar-refractivity contribution >= 4 is 22.5 Å². The van der Waals surface area contributed by atoms with Crippen molar-refractivity contribution in [1.82, 2.24) is 4.98 Å². The van der Waals surface area contributed by atoms with Gasteiger partial charge < -0.3 is 0 Å². The molecule has 1 aromatic heterocycles. The Hall–Kier alpha value is -2.37. The summed E-state index contributed by atoms with van der Waals surface area (Å²) in [5, 5.41) is 11.4. The topological polar surface area (TPSA) is 36.7 Å². The van der Waals surface area contributed by atoms with Gasteiger partial charge in [-0.3, -0.25) is 0 Å². The molecule has 1 aliphatic rings. The molecule has 0 N–H and O–H groups in total. The number of rotatable bonds is 2. The maximum Gasteiger partial charge on any atom is 0.149 e. The number of nitrogens with zero attached hydrogens (tertiary/aromatic N) is 2. The molecule has 2 aromatic carbocycles. The average Bonchev–Trinajstić information content (AvgIpc) is 2.54. The molecule has 0 unspecified atom stereocenters. The lowest BCUT2D eigenvalue weighted by molar-refractivity contribution is 0.423. The monoisotopic (exact) mass is 318 g/mol. The van der Waals surface area contributed by atoms with Crippen LogP contribution in [-0.4, -0.2) is 4.98 Å². The van der Waals surface area contributed by atoms with Gasteiger partial charge >= 0.3 is 0 Å². The highest BCUT2D eigenvalue weighted by molar-refractivity contribution is 6.31. The maximum atomic E-state index is 9.65. The Morgan fingerprint density at radius 2 is 1.87 bits per heavy atom. The minimum absolute atomic E-state index is 0.487. The molecule has 1 heterocycles. The molecule has 0 aliphatic heterocycles. The summed E-state index contributed by atoms with van der Waals surface area (Å²) in [4.78, 5) is 4.59. The van der Waals surface area contributed by atoms with E-state index in [2.05, 4.69) is 23.2 Å². The first-order chi connectivity index (χ1) is 11.3. The van der Waals surface area contributed by atoms with Crippen molar-refractivity contribution in [1.29, 1.82) is 5.26 Å². The van der Waals surface area contributed by atoms with Crippen LogP contribution in [0.3, 0.4) is 0 Å². The first-order valence-electron chi connectivity index (χ1n) is 7.86. The van der Waals surface area contributed by atoms with Crippen molar-refractivity contribution in [3.63, 3.8) is 0 Å². The molecule has 3 aromatic rings. The number of hydrogen-bond donors (Lipinski definition) is 0. The molecule has 112 valence electrons. The quantitative estimate of drug-likeness (QED) is 0.608. The minimum Gasteiger partial charge on any atom is -0.236 e. The number of hydrogen-bond acceptors (Lipinski definition) is 2. The van der Waals surface area contributed by atoms with Crippen molar-refractivity contribution in [2.45, 2.75) is 25.2 Å². The van der Waals surface area contributed by atoms with Crippen LogP contribution in [0.1, 0.15) is 36.4 Å². The van der Waals surface area contributed by atoms with Gasteiger partial charge in [-0.1, -0.05) is 48.4 Å². The van der Waals surface area contributed by atoms with Crippen molar-refractivity contribution in [2.24, 2.45) is 0 Å². The highest BCUT2D eigenvalue weighted by atomic mass is 35.5. The van der Waals surface area contributed by atoms with E-state index in [1.54, 1.807) is 0 Å². The zero-order valence-corrected chi connectivity index (χ0v) is 13.3. The second-order valence-corrected chi connectivity index (χ2v) is 6.45. The SMILES string of the molecule is N#Cc1nc2ccc(Cl)cc2c(C2CCC2)c1-c1ccccc1. The molecule has 23 heavy (non-hydrogen) atoms. The third-order valence-corrected chi connectivity index (χ3v) is 4.90. The Labute approximate surface area is 140 Å². The van der Waals surface area contributed by atoms with Gasteiger partial charge in [0.15, 0.2) is 0 Å². The molecule has 3 heteroatoms. The molecule has 1 fully saturated rings. The Morgan fingerprint density at radius 3 is 2.52 bits per heavy atom. The standard InChI is InChI=1S/C20H15ClN2/c21-15-9-10-17-16(11-15)19(13-7-4-8-13)20(18(12-22)23-17)14-5-2-1-3-6-14/h1-3,5-6,9-11,13H,4,7-8H2. The summed E-state index contributed by atoms with van der Waals surface area (Å²) >= 11 is 6.24. The van der Waals surface area contributed by atoms with E-state index in [1.165, 1.54) is 12.0 Å². The highest BCUT2D eigenvalue weighted by Gasteiger charge is 2.27. The molecule has 1 aliphatic carbocycles. The molecule has 0 saturated heterocycles. The van der Waals surface area contributed by atoms with Crippen LogP contribution in [0.25, 0.3) is 22.0 Å². The second kappa shape index (κ2) is 5.68. The van der Waals surface area contributed by atoms with Crippen LogP contribution in [0, 0.1) is 11.3 Å². The van der Waals surface area contributed by atoms with E-state index in [1.807, 2.05) is 36.4 Å². The molecule has 0 bridgehead atoms. The van der Waals surface area contributed by atoms with Gasteiger partial charge in [0, 0.05) is 16.0 Å². The van der Waals surface area contributed by atoms with Gasteiger partial charge in [-0.25, -0.2) is 4.98 Å². The maximum absolute atomic E-state index is 9.65. The molecule has 1 saturated carbocycles. The predicted molar refractivity (Wildman–Crippen MR) is 93.5 cm³/mol. The fourth-order valence-electron chi connectivity index (χ4n) is 3.36. The fourth-order valence-corrected chi connectivity index (χ4v) is 3.53. The third kappa shape index (κ3) is 2.38. The summed E-state index contributed by atoms with van der Waals surface area (Å²) in [5.41, 5.74) is 4.64. The summed E-state index contributed by atoms with van der Waals surface area (Å²) < 4.78 is 0. The van der Waals surface area contributed by atoms with Crippen molar-refractivity contribution < 1.29 is 0 Å². The Morgan fingerprint density at radius 1 is 1.09 bits per heavy atom. The second-order valence-electron chi connectivity index (χ2n) is 6.02. The van der Waals surface area contributed by atoms with Gasteiger partial charge in [-0.2, -0.15) is 5.26 Å². The van der Waals surface area contributed by atoms with Crippen LogP contribution >= 0.6 is 11.6 Å². The van der Waals surface area contributed by atoms with Crippen LogP contribution in [0.2, 0.25) is 5.02 Å². The number of benzene rings is 2. The molecular weight excluding hydrogens is 304 g/mol. The summed E-state index contributed by atoms with van der Waals surface area (Å²) in [6, 6.07) is 18.1. The molecule has 2 nitrogen and oxygen atoms in total. The predicted octanol–water partition coefficient (Wildman–Crippen LogP) is 5.69. The summed E-state index contributed by atoms with van der Waals surface area (Å²) in [6.07, 6.45) is 3.57. The summed E-state index contributed by atoms with van der Waals surface area (Å²) in [5.74, 6) is 0.487. The Balaban J connectivity index is 2.12. The number of halogens is 1. The first kappa shape index (κ1) is 14.2. The van der Waals surface area contributed by atoms with E-state index in [4.69, 9.17) is 11.6 Å². The van der Waals surface area contributed by atoms with Crippen molar-refractivity contribution in [2.75, 3.05) is 0 Å². The molecular formula is C20H15ClN2.